The number of oxime groups is 1. The minimum absolute atomic E-state index is 0.0158. The number of Topliss-reactive ketones (excluding diaryl/α,β-unsaturated/α-hetero) is 2. The molecule has 0 unspecified atom stereocenters. The Morgan fingerprint density at radius 3 is 2.43 bits per heavy atom. The van der Waals surface area contributed by atoms with Crippen molar-refractivity contribution >= 4 is 46.8 Å². The van der Waals surface area contributed by atoms with E-state index >= 15 is 0 Å². The third-order valence-electron chi connectivity index (χ3n) is 10.1. The first-order chi connectivity index (χ1) is 23.1. The number of rotatable bonds is 13. The first kappa shape index (κ1) is 36.6. The zero-order valence-electron chi connectivity index (χ0n) is 29.1. The summed E-state index contributed by atoms with van der Waals surface area (Å²) in [7, 11) is 0. The van der Waals surface area contributed by atoms with E-state index in [1.165, 1.54) is 4.90 Å². The lowest BCUT2D eigenvalue weighted by molar-refractivity contribution is -0.143. The smallest absolute Gasteiger partial charge is 0.408 e. The highest BCUT2D eigenvalue weighted by atomic mass is 35.5. The number of nitrogens with zero attached hydrogens (tertiary/aromatic N) is 2. The summed E-state index contributed by atoms with van der Waals surface area (Å²) in [5.74, 6) is -2.72. The Balaban J connectivity index is 1.41. The van der Waals surface area contributed by atoms with Crippen molar-refractivity contribution < 1.29 is 38.3 Å². The van der Waals surface area contributed by atoms with Gasteiger partial charge in [0.25, 0.3) is 5.91 Å². The van der Waals surface area contributed by atoms with Crippen molar-refractivity contribution in [2.24, 2.45) is 28.1 Å². The maximum absolute atomic E-state index is 14.5. The third kappa shape index (κ3) is 8.56. The molecule has 3 fully saturated rings. The number of alkyl carbamates (subject to hydrolysis) is 1. The molecule has 1 spiro atoms. The van der Waals surface area contributed by atoms with Gasteiger partial charge in [0.2, 0.25) is 11.7 Å². The molecule has 2 saturated carbocycles. The van der Waals surface area contributed by atoms with Crippen LogP contribution in [0.4, 0.5) is 4.79 Å². The van der Waals surface area contributed by atoms with Crippen molar-refractivity contribution in [2.45, 2.75) is 123 Å². The third-order valence-corrected chi connectivity index (χ3v) is 10.4. The molecule has 0 radical (unpaired) electrons. The summed E-state index contributed by atoms with van der Waals surface area (Å²) < 4.78 is 11.3. The van der Waals surface area contributed by atoms with Crippen molar-refractivity contribution in [1.82, 2.24) is 10.2 Å². The van der Waals surface area contributed by atoms with Gasteiger partial charge in [-0.15, -0.1) is 0 Å². The molecule has 4 aliphatic rings. The van der Waals surface area contributed by atoms with E-state index < -0.39 is 52.7 Å². The highest BCUT2D eigenvalue weighted by molar-refractivity contribution is 6.36. The van der Waals surface area contributed by atoms with Crippen LogP contribution in [-0.4, -0.2) is 77.0 Å². The molecule has 13 heteroatoms. The summed E-state index contributed by atoms with van der Waals surface area (Å²) in [6, 6.07) is 1.64. The summed E-state index contributed by atoms with van der Waals surface area (Å²) in [5, 5.41) is 7.64. The number of primary amides is 1. The van der Waals surface area contributed by atoms with Gasteiger partial charge in [0.15, 0.2) is 11.4 Å². The van der Waals surface area contributed by atoms with Gasteiger partial charge in [-0.05, 0) is 75.0 Å². The number of benzene rings is 1. The number of nitrogens with two attached hydrogens (primary N) is 1. The Morgan fingerprint density at radius 1 is 1.14 bits per heavy atom. The number of hydrogen-bond donors (Lipinski definition) is 2. The highest BCUT2D eigenvalue weighted by Crippen LogP contribution is 2.43. The second-order valence-electron chi connectivity index (χ2n) is 15.2. The monoisotopic (exact) mass is 700 g/mol. The molecule has 3 N–H and O–H groups in total. The van der Waals surface area contributed by atoms with Crippen LogP contribution in [0.5, 0.6) is 5.75 Å². The van der Waals surface area contributed by atoms with Gasteiger partial charge in [-0.25, -0.2) is 4.79 Å². The molecule has 49 heavy (non-hydrogen) atoms. The molecule has 1 aromatic carbocycles. The van der Waals surface area contributed by atoms with E-state index in [2.05, 4.69) is 10.5 Å². The Kier molecular flexibility index (Phi) is 11.0. The van der Waals surface area contributed by atoms with Gasteiger partial charge in [-0.2, -0.15) is 0 Å². The average molecular weight is 701 g/mol. The lowest BCUT2D eigenvalue weighted by Crippen LogP contribution is -2.57. The Hall–Kier alpha value is -3.67. The molecule has 2 aliphatic carbocycles. The number of halogens is 1. The quantitative estimate of drug-likeness (QED) is 0.271. The molecular weight excluding hydrogens is 652 g/mol. The fourth-order valence-corrected chi connectivity index (χ4v) is 7.63. The largest absolute Gasteiger partial charge is 0.492 e. The second-order valence-corrected chi connectivity index (χ2v) is 15.6. The Labute approximate surface area is 292 Å². The molecule has 268 valence electrons. The molecule has 2 aliphatic heterocycles. The minimum Gasteiger partial charge on any atom is -0.492 e. The van der Waals surface area contributed by atoms with Crippen molar-refractivity contribution in [3.8, 4) is 5.75 Å². The molecular formula is C36H49ClN4O8. The van der Waals surface area contributed by atoms with E-state index in [9.17, 15) is 24.0 Å². The molecule has 5 rings (SSSR count). The zero-order valence-corrected chi connectivity index (χ0v) is 29.9. The number of ketones is 2. The van der Waals surface area contributed by atoms with Crippen molar-refractivity contribution in [2.75, 3.05) is 13.2 Å². The van der Waals surface area contributed by atoms with Gasteiger partial charge in [0.1, 0.15) is 17.9 Å². The lowest BCUT2D eigenvalue weighted by Gasteiger charge is -2.35. The first-order valence-electron chi connectivity index (χ1n) is 17.4. The van der Waals surface area contributed by atoms with Gasteiger partial charge in [-0.1, -0.05) is 50.4 Å². The van der Waals surface area contributed by atoms with Crippen LogP contribution in [0, 0.1) is 24.2 Å². The fourth-order valence-electron chi connectivity index (χ4n) is 7.31. The van der Waals surface area contributed by atoms with E-state index in [0.29, 0.717) is 29.5 Å². The number of ether oxygens (including phenoxy) is 2. The van der Waals surface area contributed by atoms with Crippen LogP contribution in [-0.2, 0) is 28.8 Å². The maximum atomic E-state index is 14.5. The van der Waals surface area contributed by atoms with Gasteiger partial charge in [-0.3, -0.25) is 19.2 Å². The second kappa shape index (κ2) is 14.7. The van der Waals surface area contributed by atoms with E-state index in [-0.39, 0.29) is 43.6 Å². The number of carbonyl (C=O) groups excluding carboxylic acids is 5. The van der Waals surface area contributed by atoms with E-state index in [1.807, 2.05) is 40.7 Å². The summed E-state index contributed by atoms with van der Waals surface area (Å²) in [6.45, 7) is 9.73. The number of hydrogen-bond acceptors (Lipinski definition) is 9. The summed E-state index contributed by atoms with van der Waals surface area (Å²) in [6.07, 6.45) is 5.02. The zero-order chi connectivity index (χ0) is 35.7. The summed E-state index contributed by atoms with van der Waals surface area (Å²) >= 11 is 6.56. The number of carbonyl (C=O) groups is 5. The molecule has 3 amide bonds. The van der Waals surface area contributed by atoms with Gasteiger partial charge in [0.05, 0.1) is 29.9 Å². The predicted molar refractivity (Wildman–Crippen MR) is 182 cm³/mol. The van der Waals surface area contributed by atoms with Crippen LogP contribution in [0.1, 0.15) is 103 Å². The van der Waals surface area contributed by atoms with Crippen LogP contribution in [0.3, 0.4) is 0 Å². The van der Waals surface area contributed by atoms with E-state index in [0.717, 1.165) is 49.7 Å². The predicted octanol–water partition coefficient (Wildman–Crippen LogP) is 5.02. The standard InChI is InChI=1S/C36H49ClN4O8/c1-6-47-30-20(2)13-22(15-25(30)37)26-17-36(49-40-26)18-27(28(42)16-23(14-21-11-12-21)29(43)32(38)44)41(19-36)33(45)31(35(3,4)5)39-34(46)48-24-9-7-8-10-24/h13,15,21,23-24,27,31H,6-12,14,16-19H2,1-5H3,(H2,38,44)(H,39,46)/t23-,27+,31-,36-/m1/s1. The van der Waals surface area contributed by atoms with Crippen molar-refractivity contribution in [3.63, 3.8) is 0 Å². The molecule has 0 aromatic heterocycles. The van der Waals surface area contributed by atoms with Crippen LogP contribution in [0.2, 0.25) is 5.02 Å². The number of nitrogens with one attached hydrogen (secondary N) is 1. The van der Waals surface area contributed by atoms with Crippen LogP contribution in [0.25, 0.3) is 0 Å². The summed E-state index contributed by atoms with van der Waals surface area (Å²) in [4.78, 5) is 74.0. The van der Waals surface area contributed by atoms with Gasteiger partial charge in [0, 0.05) is 30.7 Å². The SMILES string of the molecule is CCOc1c(C)cc(C2=NO[C@]3(C2)C[C@@H](C(=O)C[C@@H](CC2CC2)C(=O)C(N)=O)N(C(=O)[C@@H](NC(=O)OC2CCCC2)C(C)(C)C)C3)cc1Cl. The number of likely N-dealkylation sites (tertiary alicyclic amines) is 1. The topological polar surface area (TPSA) is 167 Å². The molecule has 0 bridgehead atoms. The van der Waals surface area contributed by atoms with E-state index in [1.54, 1.807) is 6.07 Å². The normalized spacial score (nSPS) is 23.5. The Bertz CT molecular complexity index is 1490. The number of aryl methyl sites for hydroxylation is 1. The van der Waals surface area contributed by atoms with Gasteiger partial charge < -0.3 is 30.3 Å². The van der Waals surface area contributed by atoms with Crippen LogP contribution in [0.15, 0.2) is 17.3 Å². The molecule has 12 nitrogen and oxygen atoms in total. The fraction of sp³-hybridized carbons (Fsp3) is 0.667. The van der Waals surface area contributed by atoms with Crippen LogP contribution >= 0.6 is 11.6 Å². The minimum atomic E-state index is -1.08. The lowest BCUT2D eigenvalue weighted by atomic mass is 9.85. The van der Waals surface area contributed by atoms with E-state index in [4.69, 9.17) is 31.6 Å². The number of amides is 3. The highest BCUT2D eigenvalue weighted by Gasteiger charge is 2.55. The molecule has 4 atom stereocenters. The Morgan fingerprint density at radius 2 is 1.84 bits per heavy atom. The van der Waals surface area contributed by atoms with Gasteiger partial charge >= 0.3 is 6.09 Å². The first-order valence-corrected chi connectivity index (χ1v) is 17.8. The molecule has 1 saturated heterocycles. The molecule has 2 heterocycles. The van der Waals surface area contributed by atoms with Crippen LogP contribution < -0.4 is 15.8 Å². The summed E-state index contributed by atoms with van der Waals surface area (Å²) in [5.41, 5.74) is 5.74. The molecule has 1 aromatic rings. The van der Waals surface area contributed by atoms with Crippen molar-refractivity contribution in [3.05, 3.63) is 28.3 Å². The maximum Gasteiger partial charge on any atom is 0.408 e. The van der Waals surface area contributed by atoms with Crippen molar-refractivity contribution in [1.29, 1.82) is 0 Å². The average Bonchev–Trinajstić information content (AvgIpc) is 3.37.